The molecule has 2 amide bonds. The van der Waals surface area contributed by atoms with Gasteiger partial charge in [0.15, 0.2) is 0 Å². The maximum absolute atomic E-state index is 12.2. The number of rotatable bonds is 18. The maximum Gasteiger partial charge on any atom is 0.269 e. The smallest absolute Gasteiger partial charge is 0.269 e. The summed E-state index contributed by atoms with van der Waals surface area (Å²) in [5.41, 5.74) is 2.11. The molecule has 0 fully saturated rings. The van der Waals surface area contributed by atoms with Crippen LogP contribution in [0.5, 0.6) is 0 Å². The normalized spacial score (nSPS) is 11.5. The molecule has 0 saturated carbocycles. The number of hydrazine groups is 1. The van der Waals surface area contributed by atoms with E-state index in [2.05, 4.69) is 28.8 Å². The van der Waals surface area contributed by atoms with E-state index in [9.17, 15) is 14.4 Å². The average Bonchev–Trinajstić information content (AvgIpc) is 2.94. The predicted octanol–water partition coefficient (Wildman–Crippen LogP) is 1.84. The lowest BCUT2D eigenvalue weighted by molar-refractivity contribution is -0.138. The lowest BCUT2D eigenvalue weighted by Crippen LogP contribution is -2.60. The second-order valence-corrected chi connectivity index (χ2v) is 8.66. The van der Waals surface area contributed by atoms with E-state index in [1.165, 1.54) is 4.90 Å². The van der Waals surface area contributed by atoms with Crippen LogP contribution < -0.4 is 10.6 Å². The molecule has 0 aliphatic carbocycles. The second-order valence-electron chi connectivity index (χ2n) is 8.66. The molecule has 10 heteroatoms. The van der Waals surface area contributed by atoms with Gasteiger partial charge in [-0.25, -0.2) is 9.99 Å². The number of nitrogens with zero attached hydrogens (tertiary/aromatic N) is 5. The summed E-state index contributed by atoms with van der Waals surface area (Å²) < 4.78 is 0. The molecule has 0 bridgehead atoms. The summed E-state index contributed by atoms with van der Waals surface area (Å²) in [5.74, 6) is 0.314. The number of benzene rings is 1. The molecule has 2 aromatic rings. The number of amides is 2. The Labute approximate surface area is 225 Å². The molecule has 1 unspecified atom stereocenters. The molecule has 204 valence electrons. The van der Waals surface area contributed by atoms with Gasteiger partial charge in [-0.1, -0.05) is 56.0 Å². The molecule has 0 aliphatic heterocycles. The molecule has 1 aromatic carbocycles. The van der Waals surface area contributed by atoms with Crippen molar-refractivity contribution in [2.75, 3.05) is 40.3 Å². The van der Waals surface area contributed by atoms with E-state index in [1.807, 2.05) is 65.3 Å². The minimum Gasteiger partial charge on any atom is -0.367 e. The van der Waals surface area contributed by atoms with E-state index in [1.54, 1.807) is 25.3 Å². The Morgan fingerprint density at radius 1 is 1.11 bits per heavy atom. The van der Waals surface area contributed by atoms with Crippen molar-refractivity contribution < 1.29 is 14.4 Å². The lowest BCUT2D eigenvalue weighted by atomic mass is 10.2. The monoisotopic (exact) mass is 521 g/mol. The third-order valence-electron chi connectivity index (χ3n) is 5.88. The van der Waals surface area contributed by atoms with Crippen molar-refractivity contribution in [1.82, 2.24) is 35.4 Å². The Morgan fingerprint density at radius 3 is 2.45 bits per heavy atom. The van der Waals surface area contributed by atoms with Gasteiger partial charge in [0.2, 0.25) is 6.41 Å². The molecule has 1 heterocycles. The Hall–Kier alpha value is -4.02. The van der Waals surface area contributed by atoms with Crippen LogP contribution in [0, 0.1) is 0 Å². The maximum atomic E-state index is 12.2. The first kappa shape index (κ1) is 30.2. The third-order valence-corrected chi connectivity index (χ3v) is 5.88. The summed E-state index contributed by atoms with van der Waals surface area (Å²) in [6, 6.07) is 15.2. The zero-order valence-corrected chi connectivity index (χ0v) is 22.5. The molecule has 10 nitrogen and oxygen atoms in total. The van der Waals surface area contributed by atoms with Crippen molar-refractivity contribution in [3.8, 4) is 0 Å². The number of hydrogen-bond donors (Lipinski definition) is 2. The molecule has 0 spiro atoms. The van der Waals surface area contributed by atoms with Gasteiger partial charge in [0.1, 0.15) is 24.0 Å². The van der Waals surface area contributed by atoms with Crippen LogP contribution in [0.4, 0.5) is 0 Å². The van der Waals surface area contributed by atoms with Gasteiger partial charge in [0.05, 0.1) is 12.2 Å². The molecule has 2 N–H and O–H groups in total. The van der Waals surface area contributed by atoms with Crippen molar-refractivity contribution in [2.45, 2.75) is 26.2 Å². The predicted molar refractivity (Wildman–Crippen MR) is 148 cm³/mol. The van der Waals surface area contributed by atoms with Crippen LogP contribution in [-0.2, 0) is 22.7 Å². The molecule has 0 radical (unpaired) electrons. The largest absolute Gasteiger partial charge is 0.367 e. The first-order chi connectivity index (χ1) is 18.4. The van der Waals surface area contributed by atoms with Crippen molar-refractivity contribution >= 4 is 18.6 Å². The fourth-order valence-corrected chi connectivity index (χ4v) is 4.02. The number of aromatic nitrogens is 1. The highest BCUT2D eigenvalue weighted by Gasteiger charge is 2.30. The minimum absolute atomic E-state index is 0.0828. The van der Waals surface area contributed by atoms with Crippen molar-refractivity contribution in [3.63, 3.8) is 0 Å². The highest BCUT2D eigenvalue weighted by molar-refractivity contribution is 5.91. The number of pyridine rings is 1. The quantitative estimate of drug-likeness (QED) is 0.133. The van der Waals surface area contributed by atoms with Gasteiger partial charge in [-0.3, -0.25) is 19.5 Å². The Bertz CT molecular complexity index is 1060. The number of nitrogens with one attached hydrogen (secondary N) is 2. The van der Waals surface area contributed by atoms with Crippen LogP contribution in [0.25, 0.3) is 0 Å². The first-order valence-electron chi connectivity index (χ1n) is 12.5. The van der Waals surface area contributed by atoms with E-state index in [0.29, 0.717) is 62.6 Å². The Morgan fingerprint density at radius 2 is 1.84 bits per heavy atom. The number of likely N-dealkylation sites (N-methyl/N-ethyl adjacent to an activating group) is 2. The molecule has 1 aromatic heterocycles. The van der Waals surface area contributed by atoms with Crippen LogP contribution >= 0.6 is 0 Å². The van der Waals surface area contributed by atoms with E-state index in [4.69, 9.17) is 0 Å². The topological polar surface area (TPSA) is 101 Å². The first-order valence-corrected chi connectivity index (χ1v) is 12.5. The summed E-state index contributed by atoms with van der Waals surface area (Å²) in [7, 11) is 3.46. The molecule has 2 rings (SSSR count). The standard InChI is InChI=1S/C28H39N7O3/c1-6-16-34(7-2)35(23(3)30-19-24-12-9-8-10-13-24)27(33(22-37)17-18-36)21-32(5)20-25-14-11-15-26(31-25)28(38)29-4/h6,8-15,18,22,27,30H,1,3,7,16-17,19-21H2,2,4-5H3,(H,29,38). The SMILES string of the molecule is C=CCN(CC)N(C(=C)NCc1ccccc1)C(CN(C)Cc1cccc(C(=O)NC)n1)N(C=O)CC=O. The van der Waals surface area contributed by atoms with Gasteiger partial charge in [-0.2, -0.15) is 0 Å². The third kappa shape index (κ3) is 8.82. The summed E-state index contributed by atoms with van der Waals surface area (Å²) in [5, 5.41) is 9.88. The molecule has 0 saturated heterocycles. The van der Waals surface area contributed by atoms with Crippen LogP contribution in [0.1, 0.15) is 28.7 Å². The van der Waals surface area contributed by atoms with Crippen LogP contribution in [-0.4, -0.2) is 89.8 Å². The van der Waals surface area contributed by atoms with Crippen molar-refractivity contribution in [2.24, 2.45) is 0 Å². The Balaban J connectivity index is 2.35. The van der Waals surface area contributed by atoms with Crippen molar-refractivity contribution in [3.05, 3.63) is 90.5 Å². The van der Waals surface area contributed by atoms with Gasteiger partial charge in [0, 0.05) is 39.8 Å². The van der Waals surface area contributed by atoms with Crippen LogP contribution in [0.3, 0.4) is 0 Å². The second kappa shape index (κ2) is 16.0. The highest BCUT2D eigenvalue weighted by atomic mass is 16.2. The average molecular weight is 522 g/mol. The fourth-order valence-electron chi connectivity index (χ4n) is 4.02. The highest BCUT2D eigenvalue weighted by Crippen LogP contribution is 2.17. The van der Waals surface area contributed by atoms with E-state index < -0.39 is 6.17 Å². The van der Waals surface area contributed by atoms with Gasteiger partial charge >= 0.3 is 0 Å². The van der Waals surface area contributed by atoms with Gasteiger partial charge in [-0.05, 0) is 24.7 Å². The zero-order valence-electron chi connectivity index (χ0n) is 22.5. The number of carbonyl (C=O) groups excluding carboxylic acids is 3. The molecular weight excluding hydrogens is 482 g/mol. The fraction of sp³-hybridized carbons (Fsp3) is 0.357. The van der Waals surface area contributed by atoms with Gasteiger partial charge < -0.3 is 20.3 Å². The zero-order chi connectivity index (χ0) is 27.9. The molecule has 38 heavy (non-hydrogen) atoms. The number of carbonyl (C=O) groups is 3. The lowest BCUT2D eigenvalue weighted by Gasteiger charge is -2.46. The van der Waals surface area contributed by atoms with Crippen LogP contribution in [0.15, 0.2) is 73.6 Å². The summed E-state index contributed by atoms with van der Waals surface area (Å²) >= 11 is 0. The van der Waals surface area contributed by atoms with Crippen LogP contribution in [0.2, 0.25) is 0 Å². The van der Waals surface area contributed by atoms with Crippen molar-refractivity contribution in [1.29, 1.82) is 0 Å². The molecule has 1 atom stereocenters. The summed E-state index contributed by atoms with van der Waals surface area (Å²) in [4.78, 5) is 43.6. The van der Waals surface area contributed by atoms with E-state index in [0.717, 1.165) is 5.56 Å². The number of aldehydes is 1. The number of hydrogen-bond acceptors (Lipinski definition) is 8. The van der Waals surface area contributed by atoms with E-state index in [-0.39, 0.29) is 12.5 Å². The van der Waals surface area contributed by atoms with Gasteiger partial charge in [0.25, 0.3) is 5.91 Å². The minimum atomic E-state index is -0.569. The summed E-state index contributed by atoms with van der Waals surface area (Å²) in [6.45, 7) is 12.5. The molecule has 0 aliphatic rings. The summed E-state index contributed by atoms with van der Waals surface area (Å²) in [6.07, 6.45) is 2.59. The van der Waals surface area contributed by atoms with E-state index >= 15 is 0 Å². The molecular formula is C28H39N7O3. The van der Waals surface area contributed by atoms with Gasteiger partial charge in [-0.15, -0.1) is 6.58 Å². The Kier molecular flexibility index (Phi) is 12.7.